The van der Waals surface area contributed by atoms with Gasteiger partial charge in [0.2, 0.25) is 0 Å². The number of benzene rings is 2. The van der Waals surface area contributed by atoms with E-state index in [-0.39, 0.29) is 5.82 Å². The summed E-state index contributed by atoms with van der Waals surface area (Å²) in [5.41, 5.74) is 2.67. The summed E-state index contributed by atoms with van der Waals surface area (Å²) in [6, 6.07) is 15.6. The zero-order valence-electron chi connectivity index (χ0n) is 8.81. The summed E-state index contributed by atoms with van der Waals surface area (Å²) >= 11 is 2.53. The predicted molar refractivity (Wildman–Crippen MR) is 67.0 cm³/mol. The van der Waals surface area contributed by atoms with E-state index in [1.54, 1.807) is 13.0 Å². The van der Waals surface area contributed by atoms with Gasteiger partial charge < -0.3 is 4.55 Å². The second-order valence-corrected chi connectivity index (χ2v) is 3.20. The van der Waals surface area contributed by atoms with Gasteiger partial charge in [0.05, 0.1) is 0 Å². The van der Waals surface area contributed by atoms with Crippen molar-refractivity contribution in [2.45, 2.75) is 6.92 Å². The Balaban J connectivity index is 0.000000606. The molecule has 0 fully saturated rings. The summed E-state index contributed by atoms with van der Waals surface area (Å²) in [6.45, 7) is 1.79. The van der Waals surface area contributed by atoms with E-state index in [1.165, 1.54) is 6.07 Å². The van der Waals surface area contributed by atoms with Crippen molar-refractivity contribution < 1.29 is 8.94 Å². The van der Waals surface area contributed by atoms with Gasteiger partial charge in [0.25, 0.3) is 0 Å². The summed E-state index contributed by atoms with van der Waals surface area (Å²) in [5, 5.41) is 0. The Hall–Kier alpha value is -1.32. The highest BCUT2D eigenvalue weighted by molar-refractivity contribution is 7.74. The maximum atomic E-state index is 13.3. The SMILES string of the molecule is Cc1c(F)cccc1-c1cc[c]cc1.OS. The maximum absolute atomic E-state index is 13.3. The van der Waals surface area contributed by atoms with Crippen molar-refractivity contribution in [3.8, 4) is 11.1 Å². The molecule has 1 radical (unpaired) electrons. The number of hydrogen-bond acceptors (Lipinski definition) is 2. The molecule has 1 N–H and O–H groups in total. The Morgan fingerprint density at radius 2 is 1.75 bits per heavy atom. The minimum absolute atomic E-state index is 0.157. The van der Waals surface area contributed by atoms with Crippen molar-refractivity contribution in [1.29, 1.82) is 0 Å². The van der Waals surface area contributed by atoms with E-state index in [1.807, 2.05) is 30.3 Å². The zero-order valence-corrected chi connectivity index (χ0v) is 9.71. The topological polar surface area (TPSA) is 20.2 Å². The van der Waals surface area contributed by atoms with E-state index in [9.17, 15) is 4.39 Å². The van der Waals surface area contributed by atoms with Crippen LogP contribution in [0.25, 0.3) is 11.1 Å². The van der Waals surface area contributed by atoms with Gasteiger partial charge in [-0.15, -0.1) is 0 Å². The third-order valence-corrected chi connectivity index (χ3v) is 2.30. The minimum atomic E-state index is -0.157. The molecule has 2 rings (SSSR count). The molecule has 2 aromatic carbocycles. The average molecular weight is 235 g/mol. The molecule has 0 aliphatic heterocycles. The predicted octanol–water partition coefficient (Wildman–Crippen LogP) is 3.99. The Kier molecular flexibility index (Phi) is 5.02. The Morgan fingerprint density at radius 1 is 1.12 bits per heavy atom. The fourth-order valence-electron chi connectivity index (χ4n) is 1.49. The van der Waals surface area contributed by atoms with Gasteiger partial charge in [-0.05, 0) is 48.7 Å². The monoisotopic (exact) mass is 235 g/mol. The minimum Gasteiger partial charge on any atom is -0.333 e. The van der Waals surface area contributed by atoms with Crippen molar-refractivity contribution in [3.05, 3.63) is 59.9 Å². The van der Waals surface area contributed by atoms with Crippen molar-refractivity contribution in [1.82, 2.24) is 0 Å². The molecule has 0 saturated heterocycles. The highest BCUT2D eigenvalue weighted by Gasteiger charge is 2.04. The normalized spacial score (nSPS) is 9.25. The lowest BCUT2D eigenvalue weighted by molar-refractivity contribution is 0.619. The molecule has 0 aromatic heterocycles. The molecule has 0 heterocycles. The van der Waals surface area contributed by atoms with Crippen LogP contribution < -0.4 is 0 Å². The quantitative estimate of drug-likeness (QED) is 0.565. The van der Waals surface area contributed by atoms with E-state index in [4.69, 9.17) is 4.55 Å². The fourth-order valence-corrected chi connectivity index (χ4v) is 1.49. The van der Waals surface area contributed by atoms with Crippen molar-refractivity contribution in [3.63, 3.8) is 0 Å². The van der Waals surface area contributed by atoms with Crippen molar-refractivity contribution >= 4 is 12.9 Å². The number of rotatable bonds is 1. The molecule has 0 aliphatic carbocycles. The third kappa shape index (κ3) is 2.84. The van der Waals surface area contributed by atoms with Crippen molar-refractivity contribution in [2.24, 2.45) is 0 Å². The smallest absolute Gasteiger partial charge is 0.126 e. The van der Waals surface area contributed by atoms with Crippen LogP contribution in [0.15, 0.2) is 42.5 Å². The standard InChI is InChI=1S/C13H10F.H2OS/c1-10-12(8-5-9-13(10)14)11-6-3-2-4-7-11;1-2/h3-9H,1H3;1-2H. The molecule has 0 unspecified atom stereocenters. The molecule has 3 heteroatoms. The lowest BCUT2D eigenvalue weighted by atomic mass is 10.0. The van der Waals surface area contributed by atoms with Crippen LogP contribution in [-0.4, -0.2) is 4.55 Å². The van der Waals surface area contributed by atoms with Crippen LogP contribution in [0.1, 0.15) is 5.56 Å². The molecule has 0 saturated carbocycles. The van der Waals surface area contributed by atoms with Crippen LogP contribution in [0.4, 0.5) is 4.39 Å². The van der Waals surface area contributed by atoms with Gasteiger partial charge in [-0.25, -0.2) is 4.39 Å². The van der Waals surface area contributed by atoms with E-state index in [0.29, 0.717) is 5.56 Å². The number of halogens is 1. The van der Waals surface area contributed by atoms with Crippen LogP contribution in [0.3, 0.4) is 0 Å². The second-order valence-electron chi connectivity index (χ2n) is 3.20. The van der Waals surface area contributed by atoms with Gasteiger partial charge in [0.15, 0.2) is 0 Å². The summed E-state index contributed by atoms with van der Waals surface area (Å²) in [4.78, 5) is 0. The molecule has 2 aromatic rings. The Labute approximate surface area is 100 Å². The third-order valence-electron chi connectivity index (χ3n) is 2.30. The van der Waals surface area contributed by atoms with E-state index in [2.05, 4.69) is 19.0 Å². The first-order chi connectivity index (χ1) is 7.79. The molecule has 0 bridgehead atoms. The summed E-state index contributed by atoms with van der Waals surface area (Å²) in [6.07, 6.45) is 0. The molecule has 0 amide bonds. The van der Waals surface area contributed by atoms with Gasteiger partial charge in [-0.3, -0.25) is 0 Å². The maximum Gasteiger partial charge on any atom is 0.126 e. The second kappa shape index (κ2) is 6.30. The van der Waals surface area contributed by atoms with Gasteiger partial charge in [-0.1, -0.05) is 36.4 Å². The lowest BCUT2D eigenvalue weighted by Gasteiger charge is -2.05. The van der Waals surface area contributed by atoms with E-state index < -0.39 is 0 Å². The molecule has 0 spiro atoms. The fraction of sp³-hybridized carbons (Fsp3) is 0.0769. The number of hydrogen-bond donors (Lipinski definition) is 2. The first-order valence-corrected chi connectivity index (χ1v) is 5.10. The van der Waals surface area contributed by atoms with Crippen molar-refractivity contribution in [2.75, 3.05) is 0 Å². The van der Waals surface area contributed by atoms with Crippen LogP contribution in [0.2, 0.25) is 0 Å². The molecule has 83 valence electrons. The molecular formula is C13H12FOS. The highest BCUT2D eigenvalue weighted by Crippen LogP contribution is 2.24. The van der Waals surface area contributed by atoms with Crippen LogP contribution in [0, 0.1) is 18.8 Å². The molecule has 1 nitrogen and oxygen atoms in total. The van der Waals surface area contributed by atoms with Crippen LogP contribution >= 0.6 is 12.9 Å². The van der Waals surface area contributed by atoms with E-state index in [0.717, 1.165) is 11.1 Å². The highest BCUT2D eigenvalue weighted by atomic mass is 32.1. The largest absolute Gasteiger partial charge is 0.333 e. The summed E-state index contributed by atoms with van der Waals surface area (Å²) < 4.78 is 20.0. The average Bonchev–Trinajstić information content (AvgIpc) is 2.36. The molecule has 0 atom stereocenters. The summed E-state index contributed by atoms with van der Waals surface area (Å²) in [5.74, 6) is -0.157. The molecule has 0 aliphatic rings. The molecular weight excluding hydrogens is 223 g/mol. The lowest BCUT2D eigenvalue weighted by Crippen LogP contribution is -1.86. The number of thiol groups is 1. The Bertz CT molecular complexity index is 443. The first-order valence-electron chi connectivity index (χ1n) is 4.70. The van der Waals surface area contributed by atoms with Crippen LogP contribution in [0.5, 0.6) is 0 Å². The van der Waals surface area contributed by atoms with Gasteiger partial charge in [0.1, 0.15) is 5.82 Å². The molecule has 16 heavy (non-hydrogen) atoms. The first kappa shape index (κ1) is 12.7. The van der Waals surface area contributed by atoms with Gasteiger partial charge in [0, 0.05) is 0 Å². The van der Waals surface area contributed by atoms with Gasteiger partial charge >= 0.3 is 0 Å². The Morgan fingerprint density at radius 3 is 2.38 bits per heavy atom. The zero-order chi connectivity index (χ0) is 12.0. The van der Waals surface area contributed by atoms with Crippen LogP contribution in [-0.2, 0) is 0 Å². The van der Waals surface area contributed by atoms with Gasteiger partial charge in [-0.2, -0.15) is 0 Å². The summed E-state index contributed by atoms with van der Waals surface area (Å²) in [7, 11) is 0. The van der Waals surface area contributed by atoms with E-state index >= 15 is 0 Å².